The molecule has 0 spiro atoms. The van der Waals surface area contributed by atoms with Crippen molar-refractivity contribution in [2.24, 2.45) is 0 Å². The van der Waals surface area contributed by atoms with Crippen molar-refractivity contribution in [1.29, 1.82) is 0 Å². The second-order valence-corrected chi connectivity index (χ2v) is 7.18. The van der Waals surface area contributed by atoms with Crippen LogP contribution in [0.1, 0.15) is 0 Å². The number of ether oxygens (including phenoxy) is 1. The van der Waals surface area contributed by atoms with Gasteiger partial charge in [-0.3, -0.25) is 4.79 Å². The molecule has 0 bridgehead atoms. The summed E-state index contributed by atoms with van der Waals surface area (Å²) in [6, 6.07) is 2.08. The number of hydrogen-bond acceptors (Lipinski definition) is 6. The van der Waals surface area contributed by atoms with Gasteiger partial charge in [0.15, 0.2) is 0 Å². The molecule has 1 amide bonds. The fraction of sp³-hybridized carbons (Fsp3) is 0.333. The number of carbonyl (C=O) groups is 2. The standard InChI is InChI=1S/C15H13Cl2F3N2O4S/c1-26-14(25)8-6-22(2-3-23)13(24)11(8)21-12-9(16)4-7(5-10(12)17)27-15(18,19)20/h4-5,21,23H,2-3,6H2,1H3. The number of rotatable bonds is 6. The van der Waals surface area contributed by atoms with Crippen molar-refractivity contribution in [2.75, 3.05) is 32.1 Å². The van der Waals surface area contributed by atoms with Crippen LogP contribution < -0.4 is 5.32 Å². The van der Waals surface area contributed by atoms with Crippen molar-refractivity contribution in [3.05, 3.63) is 33.4 Å². The molecule has 0 fully saturated rings. The minimum atomic E-state index is -4.52. The number of amides is 1. The maximum atomic E-state index is 12.5. The van der Waals surface area contributed by atoms with Gasteiger partial charge in [0.2, 0.25) is 0 Å². The lowest BCUT2D eigenvalue weighted by molar-refractivity contribution is -0.136. The number of nitrogens with zero attached hydrogens (tertiary/aromatic N) is 1. The molecule has 1 aromatic carbocycles. The number of methoxy groups -OCH3 is 1. The molecule has 0 atom stereocenters. The van der Waals surface area contributed by atoms with E-state index in [4.69, 9.17) is 28.3 Å². The molecular formula is C15H13Cl2F3N2O4S. The van der Waals surface area contributed by atoms with E-state index in [0.717, 1.165) is 19.2 Å². The Morgan fingerprint density at radius 2 is 1.96 bits per heavy atom. The molecule has 0 unspecified atom stereocenters. The van der Waals surface area contributed by atoms with Crippen molar-refractivity contribution in [3.63, 3.8) is 0 Å². The summed E-state index contributed by atoms with van der Waals surface area (Å²) in [5.41, 5.74) is -4.73. The third-order valence-electron chi connectivity index (χ3n) is 3.45. The lowest BCUT2D eigenvalue weighted by Crippen LogP contribution is -2.31. The predicted molar refractivity (Wildman–Crippen MR) is 94.7 cm³/mol. The number of nitrogens with one attached hydrogen (secondary N) is 1. The molecule has 1 aromatic rings. The Balaban J connectivity index is 2.38. The fourth-order valence-corrected chi connectivity index (χ4v) is 3.67. The predicted octanol–water partition coefficient (Wildman–Crippen LogP) is 3.28. The first-order valence-electron chi connectivity index (χ1n) is 7.30. The highest BCUT2D eigenvalue weighted by Crippen LogP contribution is 2.42. The molecule has 0 saturated heterocycles. The number of thioether (sulfide) groups is 1. The lowest BCUT2D eigenvalue weighted by atomic mass is 10.2. The van der Waals surface area contributed by atoms with Crippen molar-refractivity contribution >= 4 is 52.5 Å². The van der Waals surface area contributed by atoms with E-state index in [9.17, 15) is 22.8 Å². The summed E-state index contributed by atoms with van der Waals surface area (Å²) in [5.74, 6) is -1.38. The van der Waals surface area contributed by atoms with Gasteiger partial charge in [0.1, 0.15) is 5.70 Å². The molecule has 1 aliphatic rings. The minimum absolute atomic E-state index is 0.0168. The van der Waals surface area contributed by atoms with Gasteiger partial charge in [0.25, 0.3) is 5.91 Å². The molecule has 1 aliphatic heterocycles. The van der Waals surface area contributed by atoms with Gasteiger partial charge < -0.3 is 20.1 Å². The number of hydrogen-bond donors (Lipinski definition) is 2. The monoisotopic (exact) mass is 444 g/mol. The molecular weight excluding hydrogens is 432 g/mol. The largest absolute Gasteiger partial charge is 0.466 e. The zero-order valence-electron chi connectivity index (χ0n) is 13.7. The van der Waals surface area contributed by atoms with Gasteiger partial charge in [0.05, 0.1) is 41.6 Å². The Morgan fingerprint density at radius 3 is 2.44 bits per heavy atom. The SMILES string of the molecule is COC(=O)C1=C(Nc2c(Cl)cc(SC(F)(F)F)cc2Cl)C(=O)N(CCO)C1. The van der Waals surface area contributed by atoms with Crippen molar-refractivity contribution in [1.82, 2.24) is 4.90 Å². The highest BCUT2D eigenvalue weighted by molar-refractivity contribution is 8.00. The minimum Gasteiger partial charge on any atom is -0.466 e. The van der Waals surface area contributed by atoms with E-state index < -0.39 is 17.4 Å². The highest BCUT2D eigenvalue weighted by atomic mass is 35.5. The molecule has 0 radical (unpaired) electrons. The first-order valence-corrected chi connectivity index (χ1v) is 8.88. The molecule has 2 N–H and O–H groups in total. The average molecular weight is 445 g/mol. The smallest absolute Gasteiger partial charge is 0.446 e. The van der Waals surface area contributed by atoms with E-state index in [-0.39, 0.29) is 63.4 Å². The fourth-order valence-electron chi connectivity index (χ4n) is 2.34. The Hall–Kier alpha value is -1.62. The molecule has 27 heavy (non-hydrogen) atoms. The summed E-state index contributed by atoms with van der Waals surface area (Å²) in [6.07, 6.45) is 0. The summed E-state index contributed by atoms with van der Waals surface area (Å²) in [4.78, 5) is 25.4. The number of carbonyl (C=O) groups excluding carboxylic acids is 2. The Kier molecular flexibility index (Phi) is 6.90. The number of aliphatic hydroxyl groups is 1. The van der Waals surface area contributed by atoms with E-state index in [1.54, 1.807) is 0 Å². The van der Waals surface area contributed by atoms with Gasteiger partial charge in [0, 0.05) is 11.4 Å². The molecule has 0 aliphatic carbocycles. The van der Waals surface area contributed by atoms with Crippen molar-refractivity contribution in [3.8, 4) is 0 Å². The number of β-amino-alcohol motifs (C(OH)–C–C–N with tert-alkyl or cyclic N) is 1. The average Bonchev–Trinajstić information content (AvgIpc) is 2.85. The molecule has 6 nitrogen and oxygen atoms in total. The van der Waals surface area contributed by atoms with Crippen LogP contribution in [0.2, 0.25) is 10.0 Å². The van der Waals surface area contributed by atoms with Crippen LogP contribution in [0.4, 0.5) is 18.9 Å². The quantitative estimate of drug-likeness (QED) is 0.517. The Morgan fingerprint density at radius 1 is 1.37 bits per heavy atom. The highest BCUT2D eigenvalue weighted by Gasteiger charge is 2.35. The maximum absolute atomic E-state index is 12.5. The maximum Gasteiger partial charge on any atom is 0.446 e. The van der Waals surface area contributed by atoms with Crippen LogP contribution in [-0.2, 0) is 14.3 Å². The normalized spacial score (nSPS) is 14.8. The van der Waals surface area contributed by atoms with Gasteiger partial charge in [-0.25, -0.2) is 4.79 Å². The van der Waals surface area contributed by atoms with E-state index in [1.807, 2.05) is 0 Å². The first kappa shape index (κ1) is 21.7. The van der Waals surface area contributed by atoms with Gasteiger partial charge in [-0.15, -0.1) is 0 Å². The topological polar surface area (TPSA) is 78.9 Å². The number of anilines is 1. The first-order chi connectivity index (χ1) is 12.6. The van der Waals surface area contributed by atoms with Crippen LogP contribution in [0.3, 0.4) is 0 Å². The summed E-state index contributed by atoms with van der Waals surface area (Å²) >= 11 is 11.6. The number of alkyl halides is 3. The van der Waals surface area contributed by atoms with E-state index in [1.165, 1.54) is 4.90 Å². The van der Waals surface area contributed by atoms with E-state index in [2.05, 4.69) is 10.1 Å². The van der Waals surface area contributed by atoms with Crippen molar-refractivity contribution < 1.29 is 32.6 Å². The van der Waals surface area contributed by atoms with Crippen LogP contribution in [0, 0.1) is 0 Å². The number of aliphatic hydroxyl groups excluding tert-OH is 1. The van der Waals surface area contributed by atoms with Gasteiger partial charge in [-0.05, 0) is 23.9 Å². The molecule has 0 aromatic heterocycles. The van der Waals surface area contributed by atoms with Gasteiger partial charge in [-0.1, -0.05) is 23.2 Å². The van der Waals surface area contributed by atoms with Crippen LogP contribution in [0.15, 0.2) is 28.3 Å². The molecule has 12 heteroatoms. The van der Waals surface area contributed by atoms with E-state index >= 15 is 0 Å². The summed E-state index contributed by atoms with van der Waals surface area (Å²) < 4.78 is 42.2. The molecule has 1 heterocycles. The van der Waals surface area contributed by atoms with Crippen molar-refractivity contribution in [2.45, 2.75) is 10.4 Å². The van der Waals surface area contributed by atoms with Crippen LogP contribution in [0.25, 0.3) is 0 Å². The number of halogens is 5. The summed E-state index contributed by atoms with van der Waals surface area (Å²) in [5, 5.41) is 11.3. The summed E-state index contributed by atoms with van der Waals surface area (Å²) in [7, 11) is 1.13. The Labute approximate surface area is 166 Å². The summed E-state index contributed by atoms with van der Waals surface area (Å²) in [6.45, 7) is -0.447. The second kappa shape index (κ2) is 8.59. The van der Waals surface area contributed by atoms with Gasteiger partial charge >= 0.3 is 11.5 Å². The number of esters is 1. The van der Waals surface area contributed by atoms with Gasteiger partial charge in [-0.2, -0.15) is 13.2 Å². The second-order valence-electron chi connectivity index (χ2n) is 5.23. The molecule has 0 saturated carbocycles. The van der Waals surface area contributed by atoms with Crippen LogP contribution in [0.5, 0.6) is 0 Å². The zero-order valence-corrected chi connectivity index (χ0v) is 16.0. The van der Waals surface area contributed by atoms with Crippen LogP contribution >= 0.6 is 35.0 Å². The van der Waals surface area contributed by atoms with E-state index in [0.29, 0.717) is 0 Å². The zero-order chi connectivity index (χ0) is 20.4. The Bertz CT molecular complexity index is 779. The molecule has 148 valence electrons. The third-order valence-corrected chi connectivity index (χ3v) is 4.75. The molecule has 2 rings (SSSR count). The number of benzene rings is 1. The third kappa shape index (κ3) is 5.22. The lowest BCUT2D eigenvalue weighted by Gasteiger charge is -2.16. The van der Waals surface area contributed by atoms with Crippen LogP contribution in [-0.4, -0.2) is 54.2 Å².